The average molecular weight is 492 g/mol. The molecule has 34 heavy (non-hydrogen) atoms. The van der Waals surface area contributed by atoms with Gasteiger partial charge >= 0.3 is 5.97 Å². The molecule has 3 aliphatic carbocycles. The molecule has 1 fully saturated rings. The molecule has 1 aliphatic heterocycles. The number of hydrogen-bond donors (Lipinski definition) is 0. The minimum absolute atomic E-state index is 0.254. The van der Waals surface area contributed by atoms with Crippen LogP contribution in [0, 0.1) is 11.8 Å². The van der Waals surface area contributed by atoms with Gasteiger partial charge in [-0.2, -0.15) is 0 Å². The lowest BCUT2D eigenvalue weighted by Gasteiger charge is -2.54. The first-order valence-corrected chi connectivity index (χ1v) is 11.8. The van der Waals surface area contributed by atoms with Gasteiger partial charge in [0.2, 0.25) is 11.8 Å². The Balaban J connectivity index is 1.52. The standard InChI is InChI=1S/C27H19Cl2NO4/c1-2-34-25(33)15-11-13-16(14-12-15)30-23(31)21-22(24(30)32)27(29)18-8-4-3-7-17(18)26(21,28)19-9-5-6-10-20(19)27/h3-14,21-22H,2H2,1H3/t21-,22+,26?,27?. The van der Waals surface area contributed by atoms with Crippen LogP contribution in [-0.4, -0.2) is 24.4 Å². The highest BCUT2D eigenvalue weighted by molar-refractivity contribution is 6.38. The second-order valence-electron chi connectivity index (χ2n) is 8.75. The number of carbonyl (C=O) groups is 3. The minimum atomic E-state index is -1.22. The van der Waals surface area contributed by atoms with E-state index in [1.165, 1.54) is 0 Å². The third-order valence-electron chi connectivity index (χ3n) is 7.22. The van der Waals surface area contributed by atoms with Crippen molar-refractivity contribution >= 4 is 46.7 Å². The molecule has 1 saturated heterocycles. The Hall–Kier alpha value is -3.15. The predicted molar refractivity (Wildman–Crippen MR) is 128 cm³/mol. The molecular formula is C27H19Cl2NO4. The summed E-state index contributed by atoms with van der Waals surface area (Å²) in [5, 5.41) is 0. The summed E-state index contributed by atoms with van der Waals surface area (Å²) in [6.45, 7) is 1.98. The van der Waals surface area contributed by atoms with Crippen molar-refractivity contribution in [2.24, 2.45) is 11.8 Å². The van der Waals surface area contributed by atoms with Gasteiger partial charge in [0.05, 0.1) is 29.7 Å². The van der Waals surface area contributed by atoms with Crippen LogP contribution in [0.15, 0.2) is 72.8 Å². The highest BCUT2D eigenvalue weighted by Crippen LogP contribution is 2.69. The average Bonchev–Trinajstić information content (AvgIpc) is 3.14. The topological polar surface area (TPSA) is 63.7 Å². The lowest BCUT2D eigenvalue weighted by molar-refractivity contribution is -0.122. The number of ether oxygens (including phenoxy) is 1. The van der Waals surface area contributed by atoms with Crippen molar-refractivity contribution in [3.8, 4) is 0 Å². The fourth-order valence-corrected chi connectivity index (χ4v) is 6.98. The minimum Gasteiger partial charge on any atom is -0.462 e. The smallest absolute Gasteiger partial charge is 0.338 e. The Labute approximate surface area is 206 Å². The molecule has 7 heteroatoms. The van der Waals surface area contributed by atoms with E-state index < -0.39 is 39.4 Å². The molecule has 0 saturated carbocycles. The van der Waals surface area contributed by atoms with Gasteiger partial charge in [-0.3, -0.25) is 9.59 Å². The van der Waals surface area contributed by atoms with Crippen LogP contribution >= 0.6 is 23.2 Å². The van der Waals surface area contributed by atoms with Gasteiger partial charge in [0.25, 0.3) is 0 Å². The molecule has 2 atom stereocenters. The van der Waals surface area contributed by atoms with E-state index in [2.05, 4.69) is 0 Å². The Morgan fingerprint density at radius 2 is 1.21 bits per heavy atom. The molecule has 0 aromatic heterocycles. The summed E-state index contributed by atoms with van der Waals surface area (Å²) in [7, 11) is 0. The molecule has 3 aromatic carbocycles. The molecule has 3 aromatic rings. The van der Waals surface area contributed by atoms with Gasteiger partial charge in [0.1, 0.15) is 9.75 Å². The van der Waals surface area contributed by atoms with E-state index in [0.29, 0.717) is 11.3 Å². The molecule has 5 nitrogen and oxygen atoms in total. The molecule has 0 spiro atoms. The van der Waals surface area contributed by atoms with E-state index in [1.54, 1.807) is 31.2 Å². The number of hydrogen-bond acceptors (Lipinski definition) is 4. The molecule has 2 bridgehead atoms. The van der Waals surface area contributed by atoms with Crippen LogP contribution in [0.3, 0.4) is 0 Å². The molecule has 170 valence electrons. The second kappa shape index (κ2) is 7.17. The van der Waals surface area contributed by atoms with Gasteiger partial charge < -0.3 is 4.74 Å². The SMILES string of the molecule is CCOC(=O)c1ccc(N2C(=O)[C@@H]3[C@H](C2=O)C2(Cl)c4ccccc4C3(Cl)c3ccccc32)cc1. The first-order valence-electron chi connectivity index (χ1n) is 11.1. The van der Waals surface area contributed by atoms with E-state index in [1.807, 2.05) is 48.5 Å². The van der Waals surface area contributed by atoms with Crippen LogP contribution in [0.2, 0.25) is 0 Å². The van der Waals surface area contributed by atoms with E-state index in [0.717, 1.165) is 27.2 Å². The summed E-state index contributed by atoms with van der Waals surface area (Å²) in [5.41, 5.74) is 3.73. The van der Waals surface area contributed by atoms with Crippen LogP contribution in [0.1, 0.15) is 39.5 Å². The predicted octanol–water partition coefficient (Wildman–Crippen LogP) is 4.96. The number of esters is 1. The van der Waals surface area contributed by atoms with Gasteiger partial charge in [-0.25, -0.2) is 9.69 Å². The summed E-state index contributed by atoms with van der Waals surface area (Å²) in [5.74, 6) is -3.00. The van der Waals surface area contributed by atoms with E-state index in [-0.39, 0.29) is 6.61 Å². The Bertz CT molecular complexity index is 1260. The zero-order valence-electron chi connectivity index (χ0n) is 18.1. The summed E-state index contributed by atoms with van der Waals surface area (Å²) in [6, 6.07) is 21.3. The molecular weight excluding hydrogens is 473 g/mol. The highest BCUT2D eigenvalue weighted by atomic mass is 35.5. The van der Waals surface area contributed by atoms with E-state index in [4.69, 9.17) is 27.9 Å². The first-order chi connectivity index (χ1) is 16.3. The number of alkyl halides is 2. The molecule has 1 heterocycles. The molecule has 0 unspecified atom stereocenters. The van der Waals surface area contributed by atoms with Crippen molar-refractivity contribution in [3.05, 3.63) is 101 Å². The van der Waals surface area contributed by atoms with Gasteiger partial charge in [-0.15, -0.1) is 23.2 Å². The maximum atomic E-state index is 13.9. The van der Waals surface area contributed by atoms with Crippen molar-refractivity contribution in [3.63, 3.8) is 0 Å². The quantitative estimate of drug-likeness (QED) is 0.295. The maximum absolute atomic E-state index is 13.9. The number of anilines is 1. The fourth-order valence-electron chi connectivity index (χ4n) is 5.88. The van der Waals surface area contributed by atoms with Gasteiger partial charge in [0.15, 0.2) is 0 Å². The molecule has 7 rings (SSSR count). The number of benzene rings is 3. The number of halogens is 2. The number of amides is 2. The molecule has 0 N–H and O–H groups in total. The zero-order chi connectivity index (χ0) is 23.8. The zero-order valence-corrected chi connectivity index (χ0v) is 19.6. The largest absolute Gasteiger partial charge is 0.462 e. The third-order valence-corrected chi connectivity index (χ3v) is 8.51. The first kappa shape index (κ1) is 21.4. The number of imide groups is 1. The van der Waals surface area contributed by atoms with Gasteiger partial charge in [-0.1, -0.05) is 48.5 Å². The lowest BCUT2D eigenvalue weighted by atomic mass is 9.54. The van der Waals surface area contributed by atoms with Crippen molar-refractivity contribution < 1.29 is 19.1 Å². The van der Waals surface area contributed by atoms with E-state index in [9.17, 15) is 14.4 Å². The Morgan fingerprint density at radius 1 is 0.794 bits per heavy atom. The van der Waals surface area contributed by atoms with Crippen molar-refractivity contribution in [1.82, 2.24) is 0 Å². The number of rotatable bonds is 3. The summed E-state index contributed by atoms with van der Waals surface area (Å²) in [6.07, 6.45) is 0. The van der Waals surface area contributed by atoms with Crippen LogP contribution < -0.4 is 4.90 Å². The van der Waals surface area contributed by atoms with Crippen molar-refractivity contribution in [2.75, 3.05) is 11.5 Å². The normalized spacial score (nSPS) is 28.4. The number of carbonyl (C=O) groups excluding carboxylic acids is 3. The summed E-state index contributed by atoms with van der Waals surface area (Å²) >= 11 is 14.8. The second-order valence-corrected chi connectivity index (χ2v) is 9.94. The van der Waals surface area contributed by atoms with Gasteiger partial charge in [0, 0.05) is 0 Å². The van der Waals surface area contributed by atoms with Crippen LogP contribution in [-0.2, 0) is 24.1 Å². The lowest BCUT2D eigenvalue weighted by Crippen LogP contribution is -2.57. The highest BCUT2D eigenvalue weighted by Gasteiger charge is 2.73. The Morgan fingerprint density at radius 3 is 1.59 bits per heavy atom. The van der Waals surface area contributed by atoms with Crippen molar-refractivity contribution in [1.29, 1.82) is 0 Å². The molecule has 2 amide bonds. The summed E-state index contributed by atoms with van der Waals surface area (Å²) < 4.78 is 5.03. The van der Waals surface area contributed by atoms with Crippen LogP contribution in [0.5, 0.6) is 0 Å². The number of nitrogens with zero attached hydrogens (tertiary/aromatic N) is 1. The third kappa shape index (κ3) is 2.44. The van der Waals surface area contributed by atoms with E-state index >= 15 is 0 Å². The molecule has 0 radical (unpaired) electrons. The summed E-state index contributed by atoms with van der Waals surface area (Å²) in [4.78, 5) is 38.6. The fraction of sp³-hybridized carbons (Fsp3) is 0.222. The maximum Gasteiger partial charge on any atom is 0.338 e. The molecule has 4 aliphatic rings. The van der Waals surface area contributed by atoms with Crippen LogP contribution in [0.4, 0.5) is 5.69 Å². The van der Waals surface area contributed by atoms with Crippen LogP contribution in [0.25, 0.3) is 0 Å². The Kier molecular flexibility index (Phi) is 4.51. The monoisotopic (exact) mass is 491 g/mol. The van der Waals surface area contributed by atoms with Crippen molar-refractivity contribution in [2.45, 2.75) is 16.7 Å². The van der Waals surface area contributed by atoms with Gasteiger partial charge in [-0.05, 0) is 53.4 Å².